The minimum absolute atomic E-state index is 0.0113. The number of methoxy groups -OCH3 is 1. The molecular formula is C15H25N3O5. The van der Waals surface area contributed by atoms with E-state index in [1.165, 1.54) is 6.20 Å². The third-order valence-electron chi connectivity index (χ3n) is 4.64. The van der Waals surface area contributed by atoms with Crippen molar-refractivity contribution in [3.63, 3.8) is 0 Å². The lowest BCUT2D eigenvalue weighted by Crippen LogP contribution is -2.22. The van der Waals surface area contributed by atoms with Crippen molar-refractivity contribution in [1.82, 2.24) is 9.78 Å². The van der Waals surface area contributed by atoms with Crippen molar-refractivity contribution >= 4 is 5.69 Å². The fourth-order valence-electron chi connectivity index (χ4n) is 2.95. The summed E-state index contributed by atoms with van der Waals surface area (Å²) in [7, 11) is 1.71. The monoisotopic (exact) mass is 327 g/mol. The number of aliphatic hydroxyl groups excluding tert-OH is 1. The van der Waals surface area contributed by atoms with Gasteiger partial charge in [0.05, 0.1) is 23.2 Å². The third kappa shape index (κ3) is 3.81. The first kappa shape index (κ1) is 17.7. The second-order valence-corrected chi connectivity index (χ2v) is 6.12. The molecule has 1 heterocycles. The van der Waals surface area contributed by atoms with E-state index in [9.17, 15) is 10.1 Å². The van der Waals surface area contributed by atoms with Crippen molar-refractivity contribution in [3.8, 4) is 5.88 Å². The molecule has 23 heavy (non-hydrogen) atoms. The Labute approximate surface area is 135 Å². The summed E-state index contributed by atoms with van der Waals surface area (Å²) in [5, 5.41) is 24.2. The number of hydrogen-bond donors (Lipinski definition) is 1. The van der Waals surface area contributed by atoms with Gasteiger partial charge in [-0.1, -0.05) is 13.8 Å². The van der Waals surface area contributed by atoms with Gasteiger partial charge < -0.3 is 14.6 Å². The molecule has 1 aliphatic rings. The van der Waals surface area contributed by atoms with Crippen LogP contribution in [-0.4, -0.2) is 45.7 Å². The zero-order valence-corrected chi connectivity index (χ0v) is 13.9. The highest BCUT2D eigenvalue weighted by atomic mass is 16.6. The van der Waals surface area contributed by atoms with E-state index in [2.05, 4.69) is 12.0 Å². The van der Waals surface area contributed by atoms with Crippen LogP contribution in [0.3, 0.4) is 0 Å². The summed E-state index contributed by atoms with van der Waals surface area (Å²) >= 11 is 0. The average Bonchev–Trinajstić information content (AvgIpc) is 2.97. The summed E-state index contributed by atoms with van der Waals surface area (Å²) in [5.41, 5.74) is -0.282. The molecule has 3 atom stereocenters. The second kappa shape index (κ2) is 7.27. The van der Waals surface area contributed by atoms with E-state index in [1.807, 2.05) is 6.92 Å². The quantitative estimate of drug-likeness (QED) is 0.402. The minimum Gasteiger partial charge on any atom is -0.472 e. The zero-order valence-electron chi connectivity index (χ0n) is 13.9. The van der Waals surface area contributed by atoms with Gasteiger partial charge in [0.1, 0.15) is 6.20 Å². The van der Waals surface area contributed by atoms with E-state index in [4.69, 9.17) is 14.6 Å². The Balaban J connectivity index is 2.16. The molecule has 0 radical (unpaired) electrons. The summed E-state index contributed by atoms with van der Waals surface area (Å²) < 4.78 is 12.6. The van der Waals surface area contributed by atoms with Crippen molar-refractivity contribution in [2.24, 2.45) is 5.92 Å². The Morgan fingerprint density at radius 3 is 2.83 bits per heavy atom. The molecule has 0 amide bonds. The standard InChI is InChI=1S/C15H25N3O5/c1-4-12(9-15(22-3)8-11(15)2)17-10-13(18(20)21)14(16-17)23-7-5-6-19/h10-12,19H,4-9H2,1-3H3. The van der Waals surface area contributed by atoms with Crippen LogP contribution in [0.4, 0.5) is 5.69 Å². The lowest BCUT2D eigenvalue weighted by atomic mass is 10.0. The molecule has 0 aromatic carbocycles. The number of aliphatic hydroxyl groups is 1. The van der Waals surface area contributed by atoms with E-state index in [0.717, 1.165) is 19.3 Å². The van der Waals surface area contributed by atoms with Gasteiger partial charge in [-0.2, -0.15) is 0 Å². The van der Waals surface area contributed by atoms with Gasteiger partial charge in [-0.05, 0) is 25.2 Å². The Bertz CT molecular complexity index is 543. The summed E-state index contributed by atoms with van der Waals surface area (Å²) in [6, 6.07) is 0.0220. The molecule has 3 unspecified atom stereocenters. The molecule has 0 spiro atoms. The fourth-order valence-corrected chi connectivity index (χ4v) is 2.95. The molecule has 0 aliphatic heterocycles. The molecule has 1 aliphatic carbocycles. The fraction of sp³-hybridized carbons (Fsp3) is 0.800. The first-order valence-electron chi connectivity index (χ1n) is 7.99. The van der Waals surface area contributed by atoms with Gasteiger partial charge in [0, 0.05) is 20.1 Å². The smallest absolute Gasteiger partial charge is 0.350 e. The first-order chi connectivity index (χ1) is 11.0. The Morgan fingerprint density at radius 2 is 2.35 bits per heavy atom. The van der Waals surface area contributed by atoms with Crippen LogP contribution in [0.1, 0.15) is 45.6 Å². The predicted octanol–water partition coefficient (Wildman–Crippen LogP) is 2.32. The van der Waals surface area contributed by atoms with Crippen LogP contribution in [0.25, 0.3) is 0 Å². The molecule has 1 aromatic heterocycles. The van der Waals surface area contributed by atoms with Crippen molar-refractivity contribution in [2.75, 3.05) is 20.3 Å². The third-order valence-corrected chi connectivity index (χ3v) is 4.64. The van der Waals surface area contributed by atoms with Gasteiger partial charge in [0.15, 0.2) is 0 Å². The van der Waals surface area contributed by atoms with Gasteiger partial charge >= 0.3 is 11.6 Å². The normalized spacial score (nSPS) is 24.4. The largest absolute Gasteiger partial charge is 0.472 e. The highest BCUT2D eigenvalue weighted by Crippen LogP contribution is 2.51. The highest BCUT2D eigenvalue weighted by molar-refractivity contribution is 5.38. The zero-order chi connectivity index (χ0) is 17.0. The van der Waals surface area contributed by atoms with Crippen LogP contribution in [0.15, 0.2) is 6.20 Å². The molecule has 1 saturated carbocycles. The van der Waals surface area contributed by atoms with Crippen molar-refractivity contribution < 1.29 is 19.5 Å². The maximum absolute atomic E-state index is 11.2. The number of ether oxygens (including phenoxy) is 2. The van der Waals surface area contributed by atoms with Gasteiger partial charge in [-0.3, -0.25) is 14.8 Å². The summed E-state index contributed by atoms with van der Waals surface area (Å²) in [4.78, 5) is 10.7. The SMILES string of the molecule is CCC(CC1(OC)CC1C)n1cc([N+](=O)[O-])c(OCCCO)n1. The number of hydrogen-bond acceptors (Lipinski definition) is 6. The van der Waals surface area contributed by atoms with Crippen molar-refractivity contribution in [2.45, 2.75) is 51.2 Å². The Kier molecular flexibility index (Phi) is 5.59. The molecular weight excluding hydrogens is 302 g/mol. The number of aromatic nitrogens is 2. The van der Waals surface area contributed by atoms with E-state index >= 15 is 0 Å². The van der Waals surface area contributed by atoms with Crippen LogP contribution < -0.4 is 4.74 Å². The van der Waals surface area contributed by atoms with Gasteiger partial charge in [-0.15, -0.1) is 5.10 Å². The second-order valence-electron chi connectivity index (χ2n) is 6.12. The summed E-state index contributed by atoms with van der Waals surface area (Å²) in [6.45, 7) is 4.34. The van der Waals surface area contributed by atoms with Gasteiger partial charge in [-0.25, -0.2) is 0 Å². The van der Waals surface area contributed by atoms with Crippen LogP contribution in [0.2, 0.25) is 0 Å². The molecule has 8 heteroatoms. The molecule has 1 aromatic rings. The molecule has 0 saturated heterocycles. The highest BCUT2D eigenvalue weighted by Gasteiger charge is 2.52. The maximum Gasteiger partial charge on any atom is 0.350 e. The average molecular weight is 327 g/mol. The van der Waals surface area contributed by atoms with Gasteiger partial charge in [0.25, 0.3) is 0 Å². The van der Waals surface area contributed by atoms with Crippen LogP contribution in [-0.2, 0) is 4.74 Å². The first-order valence-corrected chi connectivity index (χ1v) is 7.99. The number of nitro groups is 1. The Morgan fingerprint density at radius 1 is 1.65 bits per heavy atom. The molecule has 130 valence electrons. The van der Waals surface area contributed by atoms with Crippen molar-refractivity contribution in [1.29, 1.82) is 0 Å². The lowest BCUT2D eigenvalue weighted by molar-refractivity contribution is -0.386. The predicted molar refractivity (Wildman–Crippen MR) is 83.5 cm³/mol. The van der Waals surface area contributed by atoms with Crippen LogP contribution in [0, 0.1) is 16.0 Å². The van der Waals surface area contributed by atoms with Crippen LogP contribution >= 0.6 is 0 Å². The maximum atomic E-state index is 11.2. The van der Waals surface area contributed by atoms with E-state index in [1.54, 1.807) is 11.8 Å². The molecule has 1 fully saturated rings. The summed E-state index contributed by atoms with van der Waals surface area (Å²) in [5.74, 6) is 0.504. The summed E-state index contributed by atoms with van der Waals surface area (Å²) in [6.07, 6.45) is 4.41. The Hall–Kier alpha value is -1.67. The number of rotatable bonds is 10. The van der Waals surface area contributed by atoms with E-state index in [0.29, 0.717) is 12.3 Å². The van der Waals surface area contributed by atoms with E-state index < -0.39 is 4.92 Å². The van der Waals surface area contributed by atoms with Crippen LogP contribution in [0.5, 0.6) is 5.88 Å². The molecule has 2 rings (SSSR count). The minimum atomic E-state index is -0.490. The lowest BCUT2D eigenvalue weighted by Gasteiger charge is -2.22. The van der Waals surface area contributed by atoms with Gasteiger partial charge in [0.2, 0.25) is 0 Å². The van der Waals surface area contributed by atoms with Crippen molar-refractivity contribution in [3.05, 3.63) is 16.3 Å². The van der Waals surface area contributed by atoms with E-state index in [-0.39, 0.29) is 36.4 Å². The molecule has 0 bridgehead atoms. The number of nitrogens with zero attached hydrogens (tertiary/aromatic N) is 3. The molecule has 1 N–H and O–H groups in total. The molecule has 8 nitrogen and oxygen atoms in total. The topological polar surface area (TPSA) is 99.7 Å².